The summed E-state index contributed by atoms with van der Waals surface area (Å²) in [4.78, 5) is 26.0. The van der Waals surface area contributed by atoms with Crippen LogP contribution in [0.15, 0.2) is 24.3 Å². The Morgan fingerprint density at radius 1 is 1.14 bits per heavy atom. The largest absolute Gasteiger partial charge is 0.381 e. The van der Waals surface area contributed by atoms with Crippen molar-refractivity contribution in [2.45, 2.75) is 38.7 Å². The summed E-state index contributed by atoms with van der Waals surface area (Å²) >= 11 is 0. The Bertz CT molecular complexity index is 487. The molecule has 1 aliphatic heterocycles. The van der Waals surface area contributed by atoms with E-state index >= 15 is 0 Å². The molecule has 1 aliphatic rings. The van der Waals surface area contributed by atoms with Gasteiger partial charge in [-0.2, -0.15) is 0 Å². The van der Waals surface area contributed by atoms with E-state index in [9.17, 15) is 9.59 Å². The minimum atomic E-state index is 0.0372. The van der Waals surface area contributed by atoms with E-state index in [4.69, 9.17) is 4.74 Å². The zero-order valence-corrected chi connectivity index (χ0v) is 12.8. The van der Waals surface area contributed by atoms with Crippen molar-refractivity contribution in [1.82, 2.24) is 4.90 Å². The second-order valence-electron chi connectivity index (χ2n) is 5.61. The van der Waals surface area contributed by atoms with Crippen molar-refractivity contribution in [1.29, 1.82) is 0 Å². The molecule has 1 heterocycles. The number of rotatable bonds is 5. The van der Waals surface area contributed by atoms with E-state index in [1.165, 1.54) is 0 Å². The van der Waals surface area contributed by atoms with Crippen LogP contribution in [0, 0.1) is 6.92 Å². The van der Waals surface area contributed by atoms with Gasteiger partial charge in [-0.1, -0.05) is 29.8 Å². The first-order valence-electron chi connectivity index (χ1n) is 7.50. The Labute approximate surface area is 126 Å². The molecule has 0 radical (unpaired) electrons. The highest BCUT2D eigenvalue weighted by atomic mass is 16.5. The molecule has 1 amide bonds. The fourth-order valence-corrected chi connectivity index (χ4v) is 2.60. The number of piperidine rings is 1. The molecule has 1 saturated heterocycles. The molecular weight excluding hydrogens is 266 g/mol. The molecular formula is C17H23NO3. The number of nitrogens with zero attached hydrogens (tertiary/aromatic N) is 1. The third kappa shape index (κ3) is 4.39. The van der Waals surface area contributed by atoms with E-state index in [0.29, 0.717) is 12.0 Å². The normalized spacial score (nSPS) is 16.0. The van der Waals surface area contributed by atoms with Crippen LogP contribution in [0.1, 0.15) is 41.6 Å². The van der Waals surface area contributed by atoms with E-state index in [0.717, 1.165) is 31.5 Å². The first-order chi connectivity index (χ1) is 10.1. The summed E-state index contributed by atoms with van der Waals surface area (Å²) in [5.41, 5.74) is 1.81. The van der Waals surface area contributed by atoms with Crippen LogP contribution in [0.25, 0.3) is 0 Å². The van der Waals surface area contributed by atoms with Crippen LogP contribution < -0.4 is 0 Å². The summed E-state index contributed by atoms with van der Waals surface area (Å²) < 4.78 is 5.29. The molecule has 1 fully saturated rings. The molecule has 1 aromatic rings. The number of carbonyl (C=O) groups is 2. The van der Waals surface area contributed by atoms with Gasteiger partial charge in [0.2, 0.25) is 5.91 Å². The zero-order valence-electron chi connectivity index (χ0n) is 12.8. The van der Waals surface area contributed by atoms with Crippen LogP contribution in [-0.4, -0.2) is 42.9 Å². The summed E-state index contributed by atoms with van der Waals surface area (Å²) in [6.45, 7) is 3.45. The average Bonchev–Trinajstić information content (AvgIpc) is 2.53. The highest BCUT2D eigenvalue weighted by Crippen LogP contribution is 2.15. The van der Waals surface area contributed by atoms with Crippen molar-refractivity contribution in [3.63, 3.8) is 0 Å². The van der Waals surface area contributed by atoms with E-state index in [1.807, 2.05) is 36.1 Å². The number of Topliss-reactive ketones (excluding diaryl/α,β-unsaturated/α-hetero) is 1. The summed E-state index contributed by atoms with van der Waals surface area (Å²) in [6, 6.07) is 7.49. The lowest BCUT2D eigenvalue weighted by molar-refractivity contribution is -0.133. The van der Waals surface area contributed by atoms with Crippen LogP contribution in [-0.2, 0) is 9.53 Å². The van der Waals surface area contributed by atoms with Crippen LogP contribution in [0.3, 0.4) is 0 Å². The van der Waals surface area contributed by atoms with Gasteiger partial charge in [0, 0.05) is 38.6 Å². The number of aryl methyl sites for hydroxylation is 1. The quantitative estimate of drug-likeness (QED) is 0.783. The maximum atomic E-state index is 12.1. The molecule has 2 rings (SSSR count). The maximum Gasteiger partial charge on any atom is 0.223 e. The van der Waals surface area contributed by atoms with Gasteiger partial charge in [-0.05, 0) is 19.8 Å². The number of hydrogen-bond acceptors (Lipinski definition) is 3. The fraction of sp³-hybridized carbons (Fsp3) is 0.529. The highest BCUT2D eigenvalue weighted by Gasteiger charge is 2.22. The third-order valence-electron chi connectivity index (χ3n) is 4.07. The van der Waals surface area contributed by atoms with Gasteiger partial charge in [0.25, 0.3) is 0 Å². The molecule has 0 aliphatic carbocycles. The summed E-state index contributed by atoms with van der Waals surface area (Å²) in [5.74, 6) is 0.111. The second kappa shape index (κ2) is 7.36. The molecule has 4 nitrogen and oxygen atoms in total. The number of methoxy groups -OCH3 is 1. The molecule has 4 heteroatoms. The molecule has 21 heavy (non-hydrogen) atoms. The molecule has 0 atom stereocenters. The van der Waals surface area contributed by atoms with Gasteiger partial charge in [-0.25, -0.2) is 0 Å². The summed E-state index contributed by atoms with van der Waals surface area (Å²) in [6.07, 6.45) is 2.61. The molecule has 0 unspecified atom stereocenters. The van der Waals surface area contributed by atoms with Gasteiger partial charge in [-0.15, -0.1) is 0 Å². The standard InChI is InChI=1S/C17H23NO3/c1-13-3-5-14(6-4-13)16(19)7-8-17(20)18-11-9-15(21-2)10-12-18/h3-6,15H,7-12H2,1-2H3. The van der Waals surface area contributed by atoms with Crippen molar-refractivity contribution in [3.05, 3.63) is 35.4 Å². The number of ketones is 1. The van der Waals surface area contributed by atoms with Gasteiger partial charge < -0.3 is 9.64 Å². The maximum absolute atomic E-state index is 12.1. The smallest absolute Gasteiger partial charge is 0.223 e. The van der Waals surface area contributed by atoms with Gasteiger partial charge in [0.05, 0.1) is 6.10 Å². The van der Waals surface area contributed by atoms with Crippen molar-refractivity contribution in [2.24, 2.45) is 0 Å². The lowest BCUT2D eigenvalue weighted by Crippen LogP contribution is -2.40. The summed E-state index contributed by atoms with van der Waals surface area (Å²) in [5, 5.41) is 0. The predicted octanol–water partition coefficient (Wildman–Crippen LogP) is 2.60. The van der Waals surface area contributed by atoms with Crippen LogP contribution in [0.5, 0.6) is 0 Å². The van der Waals surface area contributed by atoms with Crippen molar-refractivity contribution < 1.29 is 14.3 Å². The van der Waals surface area contributed by atoms with E-state index in [2.05, 4.69) is 0 Å². The Morgan fingerprint density at radius 2 is 1.76 bits per heavy atom. The Hall–Kier alpha value is -1.68. The van der Waals surface area contributed by atoms with Crippen molar-refractivity contribution in [3.8, 4) is 0 Å². The van der Waals surface area contributed by atoms with Crippen LogP contribution in [0.4, 0.5) is 0 Å². The number of likely N-dealkylation sites (tertiary alicyclic amines) is 1. The molecule has 0 aromatic heterocycles. The fourth-order valence-electron chi connectivity index (χ4n) is 2.60. The van der Waals surface area contributed by atoms with E-state index < -0.39 is 0 Å². The molecule has 0 N–H and O–H groups in total. The lowest BCUT2D eigenvalue weighted by atomic mass is 10.0. The van der Waals surface area contributed by atoms with Crippen LogP contribution in [0.2, 0.25) is 0 Å². The number of ether oxygens (including phenoxy) is 1. The number of carbonyl (C=O) groups excluding carboxylic acids is 2. The third-order valence-corrected chi connectivity index (χ3v) is 4.07. The molecule has 0 spiro atoms. The topological polar surface area (TPSA) is 46.6 Å². The summed E-state index contributed by atoms with van der Waals surface area (Å²) in [7, 11) is 1.71. The number of hydrogen-bond donors (Lipinski definition) is 0. The Kier molecular flexibility index (Phi) is 5.51. The Morgan fingerprint density at radius 3 is 2.33 bits per heavy atom. The first-order valence-corrected chi connectivity index (χ1v) is 7.50. The molecule has 0 saturated carbocycles. The van der Waals surface area contributed by atoms with Gasteiger partial charge >= 0.3 is 0 Å². The zero-order chi connectivity index (χ0) is 15.2. The predicted molar refractivity (Wildman–Crippen MR) is 81.4 cm³/mol. The number of amides is 1. The van der Waals surface area contributed by atoms with Gasteiger partial charge in [-0.3, -0.25) is 9.59 Å². The van der Waals surface area contributed by atoms with E-state index in [-0.39, 0.29) is 24.2 Å². The molecule has 0 bridgehead atoms. The van der Waals surface area contributed by atoms with Crippen molar-refractivity contribution >= 4 is 11.7 Å². The monoisotopic (exact) mass is 289 g/mol. The lowest BCUT2D eigenvalue weighted by Gasteiger charge is -2.31. The minimum Gasteiger partial charge on any atom is -0.381 e. The first kappa shape index (κ1) is 15.7. The highest BCUT2D eigenvalue weighted by molar-refractivity contribution is 5.97. The number of benzene rings is 1. The minimum absolute atomic E-state index is 0.0372. The molecule has 1 aromatic carbocycles. The van der Waals surface area contributed by atoms with Crippen molar-refractivity contribution in [2.75, 3.05) is 20.2 Å². The van der Waals surface area contributed by atoms with Crippen LogP contribution >= 0.6 is 0 Å². The van der Waals surface area contributed by atoms with Gasteiger partial charge in [0.15, 0.2) is 5.78 Å². The van der Waals surface area contributed by atoms with E-state index in [1.54, 1.807) is 7.11 Å². The average molecular weight is 289 g/mol. The SMILES string of the molecule is COC1CCN(C(=O)CCC(=O)c2ccc(C)cc2)CC1. The second-order valence-corrected chi connectivity index (χ2v) is 5.61. The molecule has 114 valence electrons. The Balaban J connectivity index is 1.78. The van der Waals surface area contributed by atoms with Gasteiger partial charge in [0.1, 0.15) is 0 Å².